The van der Waals surface area contributed by atoms with Crippen molar-refractivity contribution in [3.63, 3.8) is 0 Å². The molecule has 0 bridgehead atoms. The summed E-state index contributed by atoms with van der Waals surface area (Å²) in [5, 5.41) is 7.99. The number of nitrogens with two attached hydrogens (primary N) is 1. The van der Waals surface area contributed by atoms with Crippen LogP contribution in [0.25, 0.3) is 0 Å². The normalized spacial score (nSPS) is 23.0. The van der Waals surface area contributed by atoms with E-state index < -0.39 is 5.60 Å². The monoisotopic (exact) mass is 348 g/mol. The molecule has 1 aromatic heterocycles. The Morgan fingerprint density at radius 1 is 1.33 bits per heavy atom. The molecule has 24 heavy (non-hydrogen) atoms. The van der Waals surface area contributed by atoms with E-state index in [-0.39, 0.29) is 5.92 Å². The number of aromatic nitrogens is 2. The highest BCUT2D eigenvalue weighted by Crippen LogP contribution is 2.54. The molecule has 1 atom stereocenters. The van der Waals surface area contributed by atoms with Crippen LogP contribution in [0, 0.1) is 0 Å². The minimum Gasteiger partial charge on any atom is -0.486 e. The van der Waals surface area contributed by atoms with Crippen LogP contribution in [0.2, 0.25) is 5.02 Å². The fourth-order valence-corrected chi connectivity index (χ4v) is 4.16. The van der Waals surface area contributed by atoms with Gasteiger partial charge in [-0.1, -0.05) is 16.8 Å². The first-order chi connectivity index (χ1) is 11.5. The molecule has 1 fully saturated rings. The molecule has 2 aliphatic rings. The highest BCUT2D eigenvalue weighted by molar-refractivity contribution is 6.33. The second-order valence-corrected chi connectivity index (χ2v) is 7.46. The maximum atomic E-state index is 6.48. The predicted octanol–water partition coefficient (Wildman–Crippen LogP) is 3.08. The van der Waals surface area contributed by atoms with Gasteiger partial charge in [0, 0.05) is 5.56 Å². The number of nitrogen functional groups attached to an aromatic ring is 1. The van der Waals surface area contributed by atoms with Gasteiger partial charge in [-0.3, -0.25) is 0 Å². The molecular formula is C17H21ClN4O2. The number of piperidine rings is 1. The zero-order chi connectivity index (χ0) is 16.9. The van der Waals surface area contributed by atoms with Gasteiger partial charge in [-0.2, -0.15) is 4.98 Å². The predicted molar refractivity (Wildman–Crippen MR) is 91.6 cm³/mol. The van der Waals surface area contributed by atoms with Crippen molar-refractivity contribution in [3.05, 3.63) is 34.4 Å². The molecule has 0 radical (unpaired) electrons. The molecule has 128 valence electrons. The molecule has 3 heterocycles. The summed E-state index contributed by atoms with van der Waals surface area (Å²) in [6, 6.07) is 1.97. The van der Waals surface area contributed by atoms with Crippen LogP contribution in [0.1, 0.15) is 55.5 Å². The zero-order valence-corrected chi connectivity index (χ0v) is 14.6. The maximum Gasteiger partial charge on any atom is 0.213 e. The summed E-state index contributed by atoms with van der Waals surface area (Å²) in [5.41, 5.74) is 8.40. The van der Waals surface area contributed by atoms with Gasteiger partial charge in [-0.15, -0.1) is 0 Å². The first kappa shape index (κ1) is 15.7. The van der Waals surface area contributed by atoms with Crippen molar-refractivity contribution in [2.24, 2.45) is 0 Å². The van der Waals surface area contributed by atoms with Gasteiger partial charge in [0.25, 0.3) is 0 Å². The lowest BCUT2D eigenvalue weighted by atomic mass is 9.82. The Labute approximate surface area is 145 Å². The van der Waals surface area contributed by atoms with Crippen LogP contribution in [0.3, 0.4) is 0 Å². The summed E-state index contributed by atoms with van der Waals surface area (Å²) >= 11 is 6.48. The molecule has 7 heteroatoms. The molecular weight excluding hydrogens is 328 g/mol. The molecule has 1 unspecified atom stereocenters. The fourth-order valence-electron chi connectivity index (χ4n) is 3.94. The Balaban J connectivity index is 1.89. The third-order valence-electron chi connectivity index (χ3n) is 5.10. The lowest BCUT2D eigenvalue weighted by Gasteiger charge is -2.26. The van der Waals surface area contributed by atoms with Gasteiger partial charge in [-0.25, -0.2) is 0 Å². The number of hydrogen-bond donors (Lipinski definition) is 2. The molecule has 2 aliphatic heterocycles. The number of nitrogens with one attached hydrogen (secondary N) is 1. The van der Waals surface area contributed by atoms with Crippen molar-refractivity contribution in [1.82, 2.24) is 15.5 Å². The van der Waals surface area contributed by atoms with E-state index in [9.17, 15) is 0 Å². The first-order valence-corrected chi connectivity index (χ1v) is 8.64. The minimum absolute atomic E-state index is 0.203. The Morgan fingerprint density at radius 3 is 2.75 bits per heavy atom. The molecule has 0 spiro atoms. The maximum absolute atomic E-state index is 6.48. The van der Waals surface area contributed by atoms with E-state index >= 15 is 0 Å². The van der Waals surface area contributed by atoms with Gasteiger partial charge in [0.15, 0.2) is 5.82 Å². The molecule has 3 N–H and O–H groups in total. The van der Waals surface area contributed by atoms with E-state index in [2.05, 4.69) is 15.5 Å². The summed E-state index contributed by atoms with van der Waals surface area (Å²) in [6.45, 7) is 6.04. The zero-order valence-electron chi connectivity index (χ0n) is 13.8. The number of hydrogen-bond acceptors (Lipinski definition) is 6. The van der Waals surface area contributed by atoms with Gasteiger partial charge in [0.1, 0.15) is 11.4 Å². The number of rotatable bonds is 2. The van der Waals surface area contributed by atoms with Crippen LogP contribution < -0.4 is 15.8 Å². The Kier molecular flexibility index (Phi) is 3.69. The number of benzene rings is 1. The van der Waals surface area contributed by atoms with E-state index in [4.69, 9.17) is 26.6 Å². The summed E-state index contributed by atoms with van der Waals surface area (Å²) in [7, 11) is 0. The summed E-state index contributed by atoms with van der Waals surface area (Å²) in [5.74, 6) is 1.64. The topological polar surface area (TPSA) is 86.2 Å². The van der Waals surface area contributed by atoms with Crippen LogP contribution >= 0.6 is 11.6 Å². The van der Waals surface area contributed by atoms with Crippen molar-refractivity contribution in [3.8, 4) is 5.75 Å². The van der Waals surface area contributed by atoms with E-state index in [0.717, 1.165) is 42.8 Å². The SMILES string of the molecule is CC1(C)Oc2c(C3CCNCC3)cc(Cl)c(N)c2C1c1ncon1. The summed E-state index contributed by atoms with van der Waals surface area (Å²) < 4.78 is 11.3. The van der Waals surface area contributed by atoms with Crippen molar-refractivity contribution >= 4 is 17.3 Å². The van der Waals surface area contributed by atoms with Crippen molar-refractivity contribution < 1.29 is 9.26 Å². The molecule has 1 saturated heterocycles. The molecule has 2 aromatic rings. The first-order valence-electron chi connectivity index (χ1n) is 8.27. The van der Waals surface area contributed by atoms with E-state index in [0.29, 0.717) is 22.5 Å². The number of fused-ring (bicyclic) bond motifs is 1. The van der Waals surface area contributed by atoms with Crippen LogP contribution in [0.15, 0.2) is 17.0 Å². The number of anilines is 1. The molecule has 4 rings (SSSR count). The minimum atomic E-state index is -0.521. The number of halogens is 1. The van der Waals surface area contributed by atoms with Gasteiger partial charge in [0.2, 0.25) is 6.39 Å². The smallest absolute Gasteiger partial charge is 0.213 e. The van der Waals surface area contributed by atoms with Crippen LogP contribution in [0.5, 0.6) is 5.75 Å². The highest BCUT2D eigenvalue weighted by Gasteiger charge is 2.48. The Bertz CT molecular complexity index is 754. The third kappa shape index (κ3) is 2.36. The van der Waals surface area contributed by atoms with Crippen molar-refractivity contribution in [2.75, 3.05) is 18.8 Å². The highest BCUT2D eigenvalue weighted by atomic mass is 35.5. The van der Waals surface area contributed by atoms with Crippen molar-refractivity contribution in [1.29, 1.82) is 0 Å². The molecule has 0 saturated carbocycles. The third-order valence-corrected chi connectivity index (χ3v) is 5.41. The lowest BCUT2D eigenvalue weighted by Crippen LogP contribution is -2.32. The van der Waals surface area contributed by atoms with E-state index in [1.54, 1.807) is 0 Å². The standard InChI is InChI=1S/C17H21ClN4O2/c1-17(2)13(16-21-8-23-22-16)12-14(19)11(18)7-10(15(12)24-17)9-3-5-20-6-4-9/h7-9,13,20H,3-6,19H2,1-2H3. The van der Waals surface area contributed by atoms with Gasteiger partial charge in [0.05, 0.1) is 16.6 Å². The van der Waals surface area contributed by atoms with Crippen molar-refractivity contribution in [2.45, 2.75) is 44.1 Å². The summed E-state index contributed by atoms with van der Waals surface area (Å²) in [6.07, 6.45) is 3.45. The van der Waals surface area contributed by atoms with Gasteiger partial charge < -0.3 is 20.3 Å². The van der Waals surface area contributed by atoms with E-state index in [1.807, 2.05) is 19.9 Å². The fraction of sp³-hybridized carbons (Fsp3) is 0.529. The quantitative estimate of drug-likeness (QED) is 0.811. The molecule has 0 aliphatic carbocycles. The lowest BCUT2D eigenvalue weighted by molar-refractivity contribution is 0.116. The number of nitrogens with zero attached hydrogens (tertiary/aromatic N) is 2. The number of ether oxygens (including phenoxy) is 1. The van der Waals surface area contributed by atoms with Gasteiger partial charge in [-0.05, 0) is 57.3 Å². The van der Waals surface area contributed by atoms with Crippen LogP contribution in [-0.2, 0) is 0 Å². The molecule has 6 nitrogen and oxygen atoms in total. The summed E-state index contributed by atoms with van der Waals surface area (Å²) in [4.78, 5) is 4.24. The second-order valence-electron chi connectivity index (χ2n) is 7.06. The Hall–Kier alpha value is -1.79. The molecule has 0 amide bonds. The Morgan fingerprint density at radius 2 is 2.08 bits per heavy atom. The van der Waals surface area contributed by atoms with E-state index in [1.165, 1.54) is 6.39 Å². The largest absolute Gasteiger partial charge is 0.486 e. The average molecular weight is 349 g/mol. The second kappa shape index (κ2) is 5.63. The van der Waals surface area contributed by atoms with Gasteiger partial charge >= 0.3 is 0 Å². The average Bonchev–Trinajstić information content (AvgIpc) is 3.16. The van der Waals surface area contributed by atoms with Crippen LogP contribution in [0.4, 0.5) is 5.69 Å². The molecule has 1 aromatic carbocycles. The van der Waals surface area contributed by atoms with Crippen LogP contribution in [-0.4, -0.2) is 28.8 Å².